The van der Waals surface area contributed by atoms with Gasteiger partial charge in [-0.3, -0.25) is 0 Å². The largest absolute Gasteiger partial charge is 0.379 e. The summed E-state index contributed by atoms with van der Waals surface area (Å²) < 4.78 is 2.31. The number of nitrogens with zero attached hydrogens (tertiary/aromatic N) is 1. The average Bonchev–Trinajstić information content (AvgIpc) is 3.19. The quantitative estimate of drug-likeness (QED) is 0.541. The molecule has 3 aromatic rings. The Hall–Kier alpha value is -0.990. The average molecular weight is 409 g/mol. The third kappa shape index (κ3) is 3.16. The second-order valence-corrected chi connectivity index (χ2v) is 8.47. The van der Waals surface area contributed by atoms with Crippen molar-refractivity contribution in [2.45, 2.75) is 19.0 Å². The molecule has 1 atom stereocenters. The van der Waals surface area contributed by atoms with Gasteiger partial charge in [0.25, 0.3) is 0 Å². The first kappa shape index (κ1) is 15.5. The van der Waals surface area contributed by atoms with E-state index in [1.165, 1.54) is 20.1 Å². The molecule has 0 radical (unpaired) electrons. The van der Waals surface area contributed by atoms with Crippen LogP contribution in [0.3, 0.4) is 0 Å². The van der Waals surface area contributed by atoms with Crippen LogP contribution in [0.25, 0.3) is 10.2 Å². The molecule has 7 heteroatoms. The maximum Gasteiger partial charge on any atom is 0.0979 e. The van der Waals surface area contributed by atoms with Gasteiger partial charge in [0.2, 0.25) is 0 Å². The molecule has 1 aliphatic heterocycles. The molecule has 0 aliphatic carbocycles. The molecule has 0 spiro atoms. The van der Waals surface area contributed by atoms with Crippen molar-refractivity contribution in [1.82, 2.24) is 10.3 Å². The molecular weight excluding hydrogens is 392 g/mol. The number of hydrogen-bond acceptors (Lipinski definition) is 6. The standard InChI is InChI=1S/C16H17BrN4S2/c17-14-13(3-4-18)23-16-11(19-7-9-2-1-5-22-9)6-10(12-8-20-12)21-15(14)16/h1-2,5-6,12,20H,3-4,7-8,18H2,(H,19,21). The molecule has 1 saturated heterocycles. The zero-order valence-electron chi connectivity index (χ0n) is 12.4. The number of thiophene rings is 2. The monoisotopic (exact) mass is 408 g/mol. The number of hydrogen-bond donors (Lipinski definition) is 3. The van der Waals surface area contributed by atoms with Crippen LogP contribution in [0, 0.1) is 0 Å². The van der Waals surface area contributed by atoms with Gasteiger partial charge in [-0.05, 0) is 46.4 Å². The highest BCUT2D eigenvalue weighted by atomic mass is 79.9. The Morgan fingerprint density at radius 2 is 2.35 bits per heavy atom. The lowest BCUT2D eigenvalue weighted by molar-refractivity contribution is 0.982. The Balaban J connectivity index is 1.74. The first-order valence-electron chi connectivity index (χ1n) is 7.58. The summed E-state index contributed by atoms with van der Waals surface area (Å²) in [5.74, 6) is 0. The van der Waals surface area contributed by atoms with Crippen molar-refractivity contribution in [2.24, 2.45) is 5.73 Å². The highest BCUT2D eigenvalue weighted by Crippen LogP contribution is 2.40. The molecule has 4 N–H and O–H groups in total. The molecule has 0 aromatic carbocycles. The molecule has 4 heterocycles. The van der Waals surface area contributed by atoms with Gasteiger partial charge in [-0.25, -0.2) is 4.98 Å². The predicted molar refractivity (Wildman–Crippen MR) is 102 cm³/mol. The highest BCUT2D eigenvalue weighted by molar-refractivity contribution is 9.10. The smallest absolute Gasteiger partial charge is 0.0979 e. The lowest BCUT2D eigenvalue weighted by Crippen LogP contribution is -2.01. The minimum atomic E-state index is 0.395. The number of nitrogens with one attached hydrogen (secondary N) is 2. The van der Waals surface area contributed by atoms with Gasteiger partial charge < -0.3 is 16.4 Å². The summed E-state index contributed by atoms with van der Waals surface area (Å²) in [7, 11) is 0. The van der Waals surface area contributed by atoms with E-state index in [9.17, 15) is 0 Å². The molecule has 1 aliphatic rings. The lowest BCUT2D eigenvalue weighted by atomic mass is 10.2. The van der Waals surface area contributed by atoms with Crippen LogP contribution in [0.5, 0.6) is 0 Å². The van der Waals surface area contributed by atoms with Gasteiger partial charge in [-0.1, -0.05) is 6.07 Å². The number of nitrogens with two attached hydrogens (primary N) is 1. The molecule has 1 unspecified atom stereocenters. The van der Waals surface area contributed by atoms with Gasteiger partial charge in [0.15, 0.2) is 0 Å². The van der Waals surface area contributed by atoms with Crippen molar-refractivity contribution in [3.8, 4) is 0 Å². The maximum absolute atomic E-state index is 5.74. The van der Waals surface area contributed by atoms with Crippen LogP contribution in [-0.4, -0.2) is 18.1 Å². The van der Waals surface area contributed by atoms with Crippen LogP contribution in [0.1, 0.15) is 21.5 Å². The molecule has 3 aromatic heterocycles. The van der Waals surface area contributed by atoms with Crippen molar-refractivity contribution in [2.75, 3.05) is 18.4 Å². The van der Waals surface area contributed by atoms with E-state index in [1.807, 2.05) is 0 Å². The van der Waals surface area contributed by atoms with Gasteiger partial charge in [0.1, 0.15) is 0 Å². The minimum absolute atomic E-state index is 0.395. The van der Waals surface area contributed by atoms with Crippen LogP contribution in [0.2, 0.25) is 0 Å². The first-order valence-corrected chi connectivity index (χ1v) is 10.1. The van der Waals surface area contributed by atoms with Gasteiger partial charge >= 0.3 is 0 Å². The topological polar surface area (TPSA) is 72.9 Å². The van der Waals surface area contributed by atoms with E-state index in [0.717, 1.165) is 35.2 Å². The van der Waals surface area contributed by atoms with Crippen LogP contribution < -0.4 is 16.4 Å². The molecule has 120 valence electrons. The summed E-state index contributed by atoms with van der Waals surface area (Å²) in [5.41, 5.74) is 9.08. The molecule has 0 bridgehead atoms. The number of rotatable bonds is 6. The van der Waals surface area contributed by atoms with Crippen LogP contribution in [0.15, 0.2) is 28.1 Å². The SMILES string of the molecule is NCCc1sc2c(NCc3cccs3)cc(C3CN3)nc2c1Br. The van der Waals surface area contributed by atoms with Crippen LogP contribution in [0.4, 0.5) is 5.69 Å². The molecule has 4 nitrogen and oxygen atoms in total. The molecule has 0 amide bonds. The summed E-state index contributed by atoms with van der Waals surface area (Å²) >= 11 is 7.29. The van der Waals surface area contributed by atoms with E-state index in [0.29, 0.717) is 12.6 Å². The lowest BCUT2D eigenvalue weighted by Gasteiger charge is -2.08. The first-order chi connectivity index (χ1) is 11.3. The highest BCUT2D eigenvalue weighted by Gasteiger charge is 2.26. The fourth-order valence-electron chi connectivity index (χ4n) is 2.57. The Bertz CT molecular complexity index is 824. The number of aromatic nitrogens is 1. The summed E-state index contributed by atoms with van der Waals surface area (Å²) in [5, 5.41) is 9.05. The van der Waals surface area contributed by atoms with E-state index in [2.05, 4.69) is 50.1 Å². The second kappa shape index (κ2) is 6.49. The van der Waals surface area contributed by atoms with E-state index in [1.54, 1.807) is 22.7 Å². The van der Waals surface area contributed by atoms with E-state index in [-0.39, 0.29) is 0 Å². The summed E-state index contributed by atoms with van der Waals surface area (Å²) in [6.07, 6.45) is 0.878. The summed E-state index contributed by atoms with van der Waals surface area (Å²) in [4.78, 5) is 7.47. The van der Waals surface area contributed by atoms with Crippen LogP contribution >= 0.6 is 38.6 Å². The number of fused-ring (bicyclic) bond motifs is 1. The molecule has 1 fully saturated rings. The Morgan fingerprint density at radius 3 is 3.04 bits per heavy atom. The minimum Gasteiger partial charge on any atom is -0.379 e. The van der Waals surface area contributed by atoms with Crippen molar-refractivity contribution in [1.29, 1.82) is 0 Å². The van der Waals surface area contributed by atoms with Crippen molar-refractivity contribution in [3.05, 3.63) is 43.5 Å². The second-order valence-electron chi connectivity index (χ2n) is 5.54. The van der Waals surface area contributed by atoms with Gasteiger partial charge in [0.05, 0.1) is 32.1 Å². The molecule has 4 rings (SSSR count). The van der Waals surface area contributed by atoms with Crippen LogP contribution in [-0.2, 0) is 13.0 Å². The summed E-state index contributed by atoms with van der Waals surface area (Å²) in [6, 6.07) is 6.83. The Kier molecular flexibility index (Phi) is 4.38. The fourth-order valence-corrected chi connectivity index (χ4v) is 5.21. The number of pyridine rings is 1. The predicted octanol–water partition coefficient (Wildman–Crippen LogP) is 3.88. The van der Waals surface area contributed by atoms with Gasteiger partial charge in [-0.15, -0.1) is 22.7 Å². The van der Waals surface area contributed by atoms with Crippen molar-refractivity contribution in [3.63, 3.8) is 0 Å². The van der Waals surface area contributed by atoms with E-state index < -0.39 is 0 Å². The maximum atomic E-state index is 5.74. The van der Waals surface area contributed by atoms with Crippen molar-refractivity contribution >= 4 is 54.5 Å². The van der Waals surface area contributed by atoms with Crippen molar-refractivity contribution < 1.29 is 0 Å². The Morgan fingerprint density at radius 1 is 1.48 bits per heavy atom. The van der Waals surface area contributed by atoms with Gasteiger partial charge in [-0.2, -0.15) is 0 Å². The third-order valence-corrected chi connectivity index (χ3v) is 7.11. The Labute approximate surface area is 151 Å². The van der Waals surface area contributed by atoms with E-state index >= 15 is 0 Å². The number of halogens is 1. The van der Waals surface area contributed by atoms with E-state index in [4.69, 9.17) is 10.7 Å². The zero-order chi connectivity index (χ0) is 15.8. The third-order valence-electron chi connectivity index (χ3n) is 3.84. The van der Waals surface area contributed by atoms with Gasteiger partial charge in [0, 0.05) is 22.8 Å². The normalized spacial score (nSPS) is 16.9. The molecule has 23 heavy (non-hydrogen) atoms. The number of anilines is 1. The zero-order valence-corrected chi connectivity index (χ0v) is 15.7. The fraction of sp³-hybridized carbons (Fsp3) is 0.312. The molecule has 0 saturated carbocycles. The summed E-state index contributed by atoms with van der Waals surface area (Å²) in [6.45, 7) is 2.51. The molecular formula is C16H17BrN4S2.